The Kier molecular flexibility index (Phi) is 5.79. The predicted molar refractivity (Wildman–Crippen MR) is 106 cm³/mol. The Balaban J connectivity index is 1.34. The van der Waals surface area contributed by atoms with E-state index in [-0.39, 0.29) is 11.5 Å². The maximum Gasteiger partial charge on any atom is 0.254 e. The van der Waals surface area contributed by atoms with E-state index in [2.05, 4.69) is 15.3 Å². The molecule has 1 saturated heterocycles. The fourth-order valence-electron chi connectivity index (χ4n) is 3.14. The van der Waals surface area contributed by atoms with Gasteiger partial charge in [-0.05, 0) is 52.3 Å². The minimum absolute atomic E-state index is 0.149. The molecule has 0 bridgehead atoms. The molecule has 2 aromatic heterocycles. The molecule has 3 aromatic rings. The second-order valence-electron chi connectivity index (χ2n) is 6.68. The molecule has 0 unspecified atom stereocenters. The molecule has 1 aromatic carbocycles. The molecule has 0 aliphatic carbocycles. The summed E-state index contributed by atoms with van der Waals surface area (Å²) < 4.78 is 30.3. The van der Waals surface area contributed by atoms with Crippen molar-refractivity contribution in [2.24, 2.45) is 0 Å². The third-order valence-corrected chi connectivity index (χ3v) is 6.03. The van der Waals surface area contributed by atoms with Crippen LogP contribution in [0.4, 0.5) is 8.78 Å². The van der Waals surface area contributed by atoms with E-state index in [0.717, 1.165) is 17.0 Å². The van der Waals surface area contributed by atoms with Crippen LogP contribution in [0.2, 0.25) is 0 Å². The first-order valence-electron chi connectivity index (χ1n) is 9.01. The van der Waals surface area contributed by atoms with E-state index in [1.165, 1.54) is 6.07 Å². The van der Waals surface area contributed by atoms with Crippen LogP contribution in [0, 0.1) is 16.4 Å². The highest BCUT2D eigenvalue weighted by Gasteiger charge is 2.23. The smallest absolute Gasteiger partial charge is 0.254 e. The SMILES string of the molecule is O=C(c1ccc(F)c(F)c1)N1CCN(Cn2nnn(Cc3cccs3)c2=S)CC1. The molecular formula is C18H18F2N6OS2. The number of halogens is 2. The van der Waals surface area contributed by atoms with Gasteiger partial charge in [0.05, 0.1) is 13.2 Å². The number of benzene rings is 1. The molecule has 0 N–H and O–H groups in total. The Labute approximate surface area is 174 Å². The van der Waals surface area contributed by atoms with Crippen molar-refractivity contribution in [2.75, 3.05) is 26.2 Å². The Hall–Kier alpha value is -2.50. The molecule has 1 aliphatic rings. The van der Waals surface area contributed by atoms with Crippen LogP contribution in [0.3, 0.4) is 0 Å². The normalized spacial score (nSPS) is 15.0. The number of aromatic nitrogens is 4. The van der Waals surface area contributed by atoms with Crippen molar-refractivity contribution in [1.29, 1.82) is 0 Å². The summed E-state index contributed by atoms with van der Waals surface area (Å²) in [4.78, 5) is 17.4. The molecule has 7 nitrogen and oxygen atoms in total. The van der Waals surface area contributed by atoms with Crippen LogP contribution >= 0.6 is 23.6 Å². The highest BCUT2D eigenvalue weighted by molar-refractivity contribution is 7.71. The van der Waals surface area contributed by atoms with Gasteiger partial charge in [0.25, 0.3) is 5.91 Å². The molecule has 0 saturated carbocycles. The number of piperazine rings is 1. The molecular weight excluding hydrogens is 418 g/mol. The summed E-state index contributed by atoms with van der Waals surface area (Å²) in [6.45, 7) is 3.27. The molecule has 29 heavy (non-hydrogen) atoms. The topological polar surface area (TPSA) is 59.2 Å². The van der Waals surface area contributed by atoms with Crippen LogP contribution in [0.15, 0.2) is 35.7 Å². The van der Waals surface area contributed by atoms with E-state index in [9.17, 15) is 13.6 Å². The monoisotopic (exact) mass is 436 g/mol. The van der Waals surface area contributed by atoms with Gasteiger partial charge in [-0.3, -0.25) is 9.69 Å². The van der Waals surface area contributed by atoms with Crippen molar-refractivity contribution >= 4 is 29.5 Å². The van der Waals surface area contributed by atoms with Crippen LogP contribution in [0.25, 0.3) is 0 Å². The van der Waals surface area contributed by atoms with Gasteiger partial charge in [0, 0.05) is 36.6 Å². The van der Waals surface area contributed by atoms with Gasteiger partial charge < -0.3 is 4.90 Å². The summed E-state index contributed by atoms with van der Waals surface area (Å²) in [5.41, 5.74) is 0.149. The fourth-order valence-corrected chi connectivity index (χ4v) is 4.02. The zero-order valence-corrected chi connectivity index (χ0v) is 17.0. The maximum atomic E-state index is 13.4. The highest BCUT2D eigenvalue weighted by Crippen LogP contribution is 2.14. The lowest BCUT2D eigenvalue weighted by molar-refractivity contribution is 0.0583. The van der Waals surface area contributed by atoms with Gasteiger partial charge >= 0.3 is 0 Å². The molecule has 1 fully saturated rings. The molecule has 0 radical (unpaired) electrons. The van der Waals surface area contributed by atoms with E-state index >= 15 is 0 Å². The lowest BCUT2D eigenvalue weighted by atomic mass is 10.1. The van der Waals surface area contributed by atoms with Gasteiger partial charge in [-0.15, -0.1) is 11.3 Å². The zero-order chi connectivity index (χ0) is 20.4. The molecule has 1 aliphatic heterocycles. The van der Waals surface area contributed by atoms with Crippen LogP contribution in [0.5, 0.6) is 0 Å². The van der Waals surface area contributed by atoms with Gasteiger partial charge in [-0.1, -0.05) is 6.07 Å². The average Bonchev–Trinajstić information content (AvgIpc) is 3.36. The molecule has 11 heteroatoms. The van der Waals surface area contributed by atoms with Crippen LogP contribution in [-0.2, 0) is 13.2 Å². The number of amides is 1. The van der Waals surface area contributed by atoms with E-state index in [4.69, 9.17) is 12.2 Å². The van der Waals surface area contributed by atoms with Gasteiger partial charge in [0.15, 0.2) is 11.6 Å². The third kappa shape index (κ3) is 4.41. The summed E-state index contributed by atoms with van der Waals surface area (Å²) >= 11 is 7.10. The first-order valence-corrected chi connectivity index (χ1v) is 10.3. The Morgan fingerprint density at radius 1 is 1.07 bits per heavy atom. The largest absolute Gasteiger partial charge is 0.336 e. The summed E-state index contributed by atoms with van der Waals surface area (Å²) in [5, 5.41) is 10.3. The van der Waals surface area contributed by atoms with E-state index < -0.39 is 11.6 Å². The first kappa shape index (κ1) is 19.8. The minimum Gasteiger partial charge on any atom is -0.336 e. The minimum atomic E-state index is -1.02. The first-order chi connectivity index (χ1) is 14.0. The van der Waals surface area contributed by atoms with Gasteiger partial charge in [0.2, 0.25) is 4.77 Å². The van der Waals surface area contributed by atoms with Crippen molar-refractivity contribution < 1.29 is 13.6 Å². The Morgan fingerprint density at radius 2 is 1.83 bits per heavy atom. The quantitative estimate of drug-likeness (QED) is 0.576. The number of thiophene rings is 1. The van der Waals surface area contributed by atoms with E-state index in [1.54, 1.807) is 25.6 Å². The number of nitrogens with zero attached hydrogens (tertiary/aromatic N) is 6. The molecule has 4 rings (SSSR count). The van der Waals surface area contributed by atoms with E-state index in [0.29, 0.717) is 44.2 Å². The maximum absolute atomic E-state index is 13.4. The Morgan fingerprint density at radius 3 is 2.52 bits per heavy atom. The lowest BCUT2D eigenvalue weighted by Gasteiger charge is -2.34. The van der Waals surface area contributed by atoms with E-state index in [1.807, 2.05) is 17.5 Å². The number of carbonyl (C=O) groups is 1. The summed E-state index contributed by atoms with van der Waals surface area (Å²) in [6.07, 6.45) is 0. The number of hydrogen-bond donors (Lipinski definition) is 0. The lowest BCUT2D eigenvalue weighted by Crippen LogP contribution is -2.49. The number of hydrogen-bond acceptors (Lipinski definition) is 6. The molecule has 152 valence electrons. The van der Waals surface area contributed by atoms with Crippen LogP contribution < -0.4 is 0 Å². The number of rotatable bonds is 5. The summed E-state index contributed by atoms with van der Waals surface area (Å²) in [7, 11) is 0. The third-order valence-electron chi connectivity index (χ3n) is 4.74. The average molecular weight is 437 g/mol. The summed E-state index contributed by atoms with van der Waals surface area (Å²) in [5.74, 6) is -2.29. The van der Waals surface area contributed by atoms with Crippen molar-refractivity contribution in [2.45, 2.75) is 13.2 Å². The second kappa shape index (κ2) is 8.47. The van der Waals surface area contributed by atoms with Crippen LogP contribution in [-0.4, -0.2) is 61.7 Å². The van der Waals surface area contributed by atoms with Crippen LogP contribution in [0.1, 0.15) is 15.2 Å². The Bertz CT molecular complexity index is 1060. The number of tetrazole rings is 1. The van der Waals surface area contributed by atoms with Gasteiger partial charge in [-0.25, -0.2) is 18.1 Å². The molecule has 1 amide bonds. The standard InChI is InChI=1S/C18H18F2N6OS2/c19-15-4-3-13(10-16(15)20)17(27)24-7-5-23(6-8-24)12-26-18(28)25(21-22-26)11-14-2-1-9-29-14/h1-4,9-10H,5-8,11-12H2. The molecule has 0 atom stereocenters. The van der Waals surface area contributed by atoms with Gasteiger partial charge in [0.1, 0.15) is 0 Å². The molecule has 0 spiro atoms. The zero-order valence-electron chi connectivity index (χ0n) is 15.4. The predicted octanol–water partition coefficient (Wildman–Crippen LogP) is 2.61. The number of carbonyl (C=O) groups excluding carboxylic acids is 1. The second-order valence-corrected chi connectivity index (χ2v) is 8.08. The fraction of sp³-hybridized carbons (Fsp3) is 0.333. The highest BCUT2D eigenvalue weighted by atomic mass is 32.1. The van der Waals surface area contributed by atoms with Crippen molar-refractivity contribution in [3.8, 4) is 0 Å². The summed E-state index contributed by atoms with van der Waals surface area (Å²) in [6, 6.07) is 7.22. The van der Waals surface area contributed by atoms with Crippen molar-refractivity contribution in [1.82, 2.24) is 29.6 Å². The molecule has 3 heterocycles. The van der Waals surface area contributed by atoms with Crippen molar-refractivity contribution in [3.63, 3.8) is 0 Å². The van der Waals surface area contributed by atoms with Gasteiger partial charge in [-0.2, -0.15) is 0 Å². The van der Waals surface area contributed by atoms with Crippen molar-refractivity contribution in [3.05, 3.63) is 62.6 Å².